The van der Waals surface area contributed by atoms with E-state index in [1.807, 2.05) is 0 Å². The van der Waals surface area contributed by atoms with Crippen LogP contribution in [0.2, 0.25) is 0 Å². The Labute approximate surface area is 237 Å². The molecule has 15 heteroatoms. The van der Waals surface area contributed by atoms with Gasteiger partial charge in [0.15, 0.2) is 10.8 Å². The van der Waals surface area contributed by atoms with E-state index in [1.165, 1.54) is 17.1 Å². The summed E-state index contributed by atoms with van der Waals surface area (Å²) in [5, 5.41) is 17.2. The summed E-state index contributed by atoms with van der Waals surface area (Å²) in [4.78, 5) is 64.7. The van der Waals surface area contributed by atoms with Gasteiger partial charge in [0.25, 0.3) is 11.8 Å². The summed E-state index contributed by atoms with van der Waals surface area (Å²) < 4.78 is 5.15. The van der Waals surface area contributed by atoms with Crippen molar-refractivity contribution in [3.63, 3.8) is 0 Å². The van der Waals surface area contributed by atoms with Crippen LogP contribution in [0.5, 0.6) is 0 Å². The molecule has 0 bridgehead atoms. The van der Waals surface area contributed by atoms with Crippen LogP contribution in [0.25, 0.3) is 6.08 Å². The predicted molar refractivity (Wildman–Crippen MR) is 148 cm³/mol. The molecule has 0 spiro atoms. The molecule has 2 aromatic heterocycles. The number of nitrogens with one attached hydrogen (secondary N) is 1. The number of thioether (sulfide) groups is 1. The molecule has 2 atom stereocenters. The Balaban J connectivity index is 1.49. The number of carbonyl (C=O) groups is 4. The molecule has 2 amide bonds. The van der Waals surface area contributed by atoms with Gasteiger partial charge in [0.1, 0.15) is 28.4 Å². The zero-order valence-electron chi connectivity index (χ0n) is 21.7. The largest absolute Gasteiger partial charge is 0.477 e. The Morgan fingerprint density at radius 2 is 2.08 bits per heavy atom. The number of esters is 1. The van der Waals surface area contributed by atoms with Gasteiger partial charge in [0.05, 0.1) is 5.69 Å². The van der Waals surface area contributed by atoms with Crippen molar-refractivity contribution in [3.05, 3.63) is 58.5 Å². The number of allylic oxidation sites excluding steroid dienone is 1. The minimum Gasteiger partial charge on any atom is -0.477 e. The second-order valence-corrected chi connectivity index (χ2v) is 11.5. The Kier molecular flexibility index (Phi) is 8.54. The van der Waals surface area contributed by atoms with Crippen molar-refractivity contribution in [1.82, 2.24) is 20.2 Å². The van der Waals surface area contributed by atoms with E-state index in [2.05, 4.69) is 20.4 Å². The standard InChI is InChI=1S/C25H26N6O7S2/c1-25(2,3)38-16(32)10-37-30-17(15-12-40-24(26)28-15)20(33)29-18-21(34)31-19(23(35)36)13(11-39-22(18)31)7-8-14-6-4-5-9-27-14/h4-9,12,18,22H,10-11H2,1-3H3,(H2,26,28)(H,29,33)(H,35,36)/t18?,22-/m0/s1. The van der Waals surface area contributed by atoms with Crippen LogP contribution in [0, 0.1) is 0 Å². The number of β-lactam (4-membered cyclic amide) rings is 1. The predicted octanol–water partition coefficient (Wildman–Crippen LogP) is 1.63. The number of hydrogen-bond acceptors (Lipinski definition) is 12. The first-order valence-corrected chi connectivity index (χ1v) is 13.8. The molecule has 2 aliphatic heterocycles. The zero-order valence-corrected chi connectivity index (χ0v) is 23.3. The summed E-state index contributed by atoms with van der Waals surface area (Å²) in [6.07, 6.45) is 4.90. The van der Waals surface area contributed by atoms with Crippen molar-refractivity contribution in [2.75, 3.05) is 18.1 Å². The maximum Gasteiger partial charge on any atom is 0.352 e. The van der Waals surface area contributed by atoms with Crippen LogP contribution in [-0.4, -0.2) is 78.8 Å². The number of carboxylic acids is 1. The van der Waals surface area contributed by atoms with Gasteiger partial charge in [-0.15, -0.1) is 23.1 Å². The molecule has 4 N–H and O–H groups in total. The van der Waals surface area contributed by atoms with Crippen molar-refractivity contribution in [2.45, 2.75) is 37.8 Å². The van der Waals surface area contributed by atoms with E-state index in [-0.39, 0.29) is 28.0 Å². The summed E-state index contributed by atoms with van der Waals surface area (Å²) in [5.41, 5.74) is 5.65. The van der Waals surface area contributed by atoms with Gasteiger partial charge in [0, 0.05) is 17.3 Å². The van der Waals surface area contributed by atoms with Crippen LogP contribution >= 0.6 is 23.1 Å². The molecule has 1 fully saturated rings. The monoisotopic (exact) mass is 586 g/mol. The molecule has 0 radical (unpaired) electrons. The van der Waals surface area contributed by atoms with Gasteiger partial charge in [-0.05, 0) is 44.6 Å². The Hall–Kier alpha value is -4.24. The summed E-state index contributed by atoms with van der Waals surface area (Å²) in [6.45, 7) is 4.51. The maximum atomic E-state index is 13.2. The number of ether oxygens (including phenoxy) is 1. The van der Waals surface area contributed by atoms with E-state index in [0.717, 1.165) is 16.2 Å². The molecule has 0 aliphatic carbocycles. The molecule has 2 aromatic rings. The normalized spacial score (nSPS) is 19.2. The fourth-order valence-electron chi connectivity index (χ4n) is 3.76. The fraction of sp³-hybridized carbons (Fsp3) is 0.320. The number of rotatable bonds is 9. The number of aliphatic carboxylic acids is 1. The molecule has 1 unspecified atom stereocenters. The molecule has 13 nitrogen and oxygen atoms in total. The highest BCUT2D eigenvalue weighted by molar-refractivity contribution is 8.00. The summed E-state index contributed by atoms with van der Waals surface area (Å²) in [6, 6.07) is 4.31. The van der Waals surface area contributed by atoms with E-state index in [9.17, 15) is 24.3 Å². The second kappa shape index (κ2) is 11.9. The SMILES string of the molecule is CC(C)(C)OC(=O)CON=C(C(=O)NC1C(=O)N2C(C(=O)O)=C(C=Cc3ccccn3)CS[C@@H]12)c1csc(N)n1. The molecular weight excluding hydrogens is 560 g/mol. The quantitative estimate of drug-likeness (QED) is 0.168. The molecule has 40 heavy (non-hydrogen) atoms. The molecule has 4 rings (SSSR count). The number of fused-ring (bicyclic) bond motifs is 1. The van der Waals surface area contributed by atoms with Crippen molar-refractivity contribution < 1.29 is 33.9 Å². The highest BCUT2D eigenvalue weighted by Crippen LogP contribution is 2.40. The number of nitrogen functional groups attached to an aromatic ring is 1. The van der Waals surface area contributed by atoms with E-state index in [0.29, 0.717) is 11.3 Å². The van der Waals surface area contributed by atoms with Crippen molar-refractivity contribution in [2.24, 2.45) is 5.16 Å². The average Bonchev–Trinajstić information content (AvgIpc) is 3.32. The number of anilines is 1. The third-order valence-electron chi connectivity index (χ3n) is 5.37. The summed E-state index contributed by atoms with van der Waals surface area (Å²) in [7, 11) is 0. The molecule has 1 saturated heterocycles. The van der Waals surface area contributed by atoms with Gasteiger partial charge < -0.3 is 25.7 Å². The molecule has 0 aromatic carbocycles. The minimum absolute atomic E-state index is 0.0807. The Bertz CT molecular complexity index is 1410. The van der Waals surface area contributed by atoms with Gasteiger partial charge in [0.2, 0.25) is 6.61 Å². The molecule has 4 heterocycles. The average molecular weight is 587 g/mol. The van der Waals surface area contributed by atoms with E-state index in [1.54, 1.807) is 57.3 Å². The number of hydrogen-bond donors (Lipinski definition) is 3. The molecule has 0 saturated carbocycles. The van der Waals surface area contributed by atoms with Crippen molar-refractivity contribution in [1.29, 1.82) is 0 Å². The topological polar surface area (TPSA) is 186 Å². The lowest BCUT2D eigenvalue weighted by atomic mass is 10.0. The number of thiazole rings is 1. The fourth-order valence-corrected chi connectivity index (χ4v) is 5.63. The van der Waals surface area contributed by atoms with Crippen LogP contribution in [0.15, 0.2) is 52.3 Å². The molecular formula is C25H26N6O7S2. The van der Waals surface area contributed by atoms with Crippen molar-refractivity contribution in [3.8, 4) is 0 Å². The first kappa shape index (κ1) is 28.8. The number of amides is 2. The summed E-state index contributed by atoms with van der Waals surface area (Å²) >= 11 is 2.36. The van der Waals surface area contributed by atoms with Gasteiger partial charge >= 0.3 is 11.9 Å². The summed E-state index contributed by atoms with van der Waals surface area (Å²) in [5.74, 6) is -3.08. The van der Waals surface area contributed by atoms with Crippen LogP contribution in [0.4, 0.5) is 5.13 Å². The lowest BCUT2D eigenvalue weighted by molar-refractivity contribution is -0.160. The zero-order chi connectivity index (χ0) is 29.0. The van der Waals surface area contributed by atoms with Gasteiger partial charge in [-0.3, -0.25) is 19.5 Å². The van der Waals surface area contributed by atoms with Gasteiger partial charge in [-0.25, -0.2) is 14.6 Å². The van der Waals surface area contributed by atoms with Crippen LogP contribution in [0.3, 0.4) is 0 Å². The second-order valence-electron chi connectivity index (χ2n) is 9.50. The first-order chi connectivity index (χ1) is 18.9. The Morgan fingerprint density at radius 1 is 1.30 bits per heavy atom. The van der Waals surface area contributed by atoms with Gasteiger partial charge in [-0.2, -0.15) is 0 Å². The number of aromatic nitrogens is 2. The smallest absolute Gasteiger partial charge is 0.352 e. The number of nitrogens with zero attached hydrogens (tertiary/aromatic N) is 4. The van der Waals surface area contributed by atoms with Gasteiger partial charge in [-0.1, -0.05) is 17.3 Å². The number of nitrogens with two attached hydrogens (primary N) is 1. The first-order valence-electron chi connectivity index (χ1n) is 11.9. The lowest BCUT2D eigenvalue weighted by Gasteiger charge is -2.49. The maximum absolute atomic E-state index is 13.2. The van der Waals surface area contributed by atoms with Crippen molar-refractivity contribution >= 4 is 63.8 Å². The molecule has 210 valence electrons. The number of oxime groups is 1. The van der Waals surface area contributed by atoms with Crippen LogP contribution < -0.4 is 11.1 Å². The van der Waals surface area contributed by atoms with E-state index in [4.69, 9.17) is 15.3 Å². The van der Waals surface area contributed by atoms with E-state index < -0.39 is 47.4 Å². The highest BCUT2D eigenvalue weighted by atomic mass is 32.2. The number of carbonyl (C=O) groups excluding carboxylic acids is 3. The Morgan fingerprint density at radius 3 is 2.70 bits per heavy atom. The number of carboxylic acid groups (broad SMARTS) is 1. The van der Waals surface area contributed by atoms with E-state index >= 15 is 0 Å². The highest BCUT2D eigenvalue weighted by Gasteiger charge is 2.54. The minimum atomic E-state index is -1.26. The van der Waals surface area contributed by atoms with Crippen LogP contribution in [0.1, 0.15) is 32.2 Å². The third kappa shape index (κ3) is 6.66. The number of pyridine rings is 1. The third-order valence-corrected chi connectivity index (χ3v) is 7.34. The lowest BCUT2D eigenvalue weighted by Crippen LogP contribution is -2.71. The van der Waals surface area contributed by atoms with Crippen LogP contribution in [-0.2, 0) is 28.8 Å². The molecule has 2 aliphatic rings.